The number of hydrogen-bond donors (Lipinski definition) is 0. The molecular weight excluding hydrogens is 297 g/mol. The molecule has 0 bridgehead atoms. The molecule has 7 heteroatoms. The first-order valence-corrected chi connectivity index (χ1v) is 7.15. The minimum atomic E-state index is -4.72. The predicted molar refractivity (Wildman–Crippen MR) is 75.5 cm³/mol. The predicted octanol–water partition coefficient (Wildman–Crippen LogP) is 2.29. The average Bonchev–Trinajstić information content (AvgIpc) is 2.45. The molecule has 1 saturated heterocycles. The van der Waals surface area contributed by atoms with Crippen molar-refractivity contribution in [1.29, 1.82) is 0 Å². The number of aryl methyl sites for hydroxylation is 1. The maximum Gasteiger partial charge on any atom is 0.573 e. The lowest BCUT2D eigenvalue weighted by atomic mass is 10.1. The average molecular weight is 316 g/mol. The van der Waals surface area contributed by atoms with E-state index in [1.165, 1.54) is 12.1 Å². The SMILES string of the molecule is CN1CCN(C(=O)CCc2ccccc2OC(F)(F)F)CC1. The van der Waals surface area contributed by atoms with Gasteiger partial charge in [0.2, 0.25) is 5.91 Å². The Morgan fingerprint density at radius 1 is 1.18 bits per heavy atom. The van der Waals surface area contributed by atoms with Crippen molar-refractivity contribution in [2.45, 2.75) is 19.2 Å². The van der Waals surface area contributed by atoms with Crippen molar-refractivity contribution < 1.29 is 22.7 Å². The number of hydrogen-bond acceptors (Lipinski definition) is 3. The Kier molecular flexibility index (Phi) is 5.28. The molecule has 1 heterocycles. The molecule has 0 aliphatic carbocycles. The second-order valence-electron chi connectivity index (χ2n) is 5.34. The van der Waals surface area contributed by atoms with Crippen molar-refractivity contribution in [1.82, 2.24) is 9.80 Å². The van der Waals surface area contributed by atoms with Crippen molar-refractivity contribution in [3.05, 3.63) is 29.8 Å². The van der Waals surface area contributed by atoms with Crippen LogP contribution in [0.3, 0.4) is 0 Å². The lowest BCUT2D eigenvalue weighted by Crippen LogP contribution is -2.47. The van der Waals surface area contributed by atoms with Crippen LogP contribution in [-0.2, 0) is 11.2 Å². The number of benzene rings is 1. The fraction of sp³-hybridized carbons (Fsp3) is 0.533. The van der Waals surface area contributed by atoms with E-state index in [0.717, 1.165) is 13.1 Å². The summed E-state index contributed by atoms with van der Waals surface area (Å²) in [5, 5.41) is 0. The van der Waals surface area contributed by atoms with Gasteiger partial charge >= 0.3 is 6.36 Å². The normalized spacial score (nSPS) is 16.6. The number of ether oxygens (including phenoxy) is 1. The second-order valence-corrected chi connectivity index (χ2v) is 5.34. The van der Waals surface area contributed by atoms with E-state index in [0.29, 0.717) is 18.7 Å². The number of rotatable bonds is 4. The van der Waals surface area contributed by atoms with E-state index in [9.17, 15) is 18.0 Å². The smallest absolute Gasteiger partial charge is 0.406 e. The fourth-order valence-electron chi connectivity index (χ4n) is 2.39. The highest BCUT2D eigenvalue weighted by Crippen LogP contribution is 2.27. The van der Waals surface area contributed by atoms with Gasteiger partial charge in [0.15, 0.2) is 0 Å². The van der Waals surface area contributed by atoms with Gasteiger partial charge in [0.05, 0.1) is 0 Å². The van der Waals surface area contributed by atoms with Gasteiger partial charge in [-0.15, -0.1) is 13.2 Å². The lowest BCUT2D eigenvalue weighted by molar-refractivity contribution is -0.274. The van der Waals surface area contributed by atoms with Crippen LogP contribution in [0.25, 0.3) is 0 Å². The van der Waals surface area contributed by atoms with Gasteiger partial charge in [-0.05, 0) is 25.1 Å². The maximum absolute atomic E-state index is 12.3. The minimum absolute atomic E-state index is 0.0325. The molecule has 122 valence electrons. The number of para-hydroxylation sites is 1. The third kappa shape index (κ3) is 4.91. The minimum Gasteiger partial charge on any atom is -0.406 e. The zero-order valence-corrected chi connectivity index (χ0v) is 12.4. The first-order valence-electron chi connectivity index (χ1n) is 7.15. The van der Waals surface area contributed by atoms with Crippen molar-refractivity contribution >= 4 is 5.91 Å². The monoisotopic (exact) mass is 316 g/mol. The van der Waals surface area contributed by atoms with E-state index in [4.69, 9.17) is 0 Å². The van der Waals surface area contributed by atoms with Crippen LogP contribution in [0.1, 0.15) is 12.0 Å². The Labute approximate surface area is 127 Å². The molecule has 1 aliphatic rings. The first kappa shape index (κ1) is 16.6. The standard InChI is InChI=1S/C15H19F3N2O2/c1-19-8-10-20(11-9-19)14(21)7-6-12-4-2-3-5-13(12)22-15(16,17)18/h2-5H,6-11H2,1H3. The molecule has 0 unspecified atom stereocenters. The highest BCUT2D eigenvalue weighted by Gasteiger charge is 2.32. The Balaban J connectivity index is 1.92. The number of piperazine rings is 1. The van der Waals surface area contributed by atoms with Crippen LogP contribution >= 0.6 is 0 Å². The Morgan fingerprint density at radius 3 is 2.45 bits per heavy atom. The molecule has 0 aromatic heterocycles. The molecule has 1 amide bonds. The van der Waals surface area contributed by atoms with Crippen LogP contribution in [0, 0.1) is 0 Å². The molecule has 1 fully saturated rings. The number of nitrogens with zero attached hydrogens (tertiary/aromatic N) is 2. The summed E-state index contributed by atoms with van der Waals surface area (Å²) in [4.78, 5) is 16.0. The maximum atomic E-state index is 12.3. The van der Waals surface area contributed by atoms with E-state index >= 15 is 0 Å². The van der Waals surface area contributed by atoms with Crippen LogP contribution in [-0.4, -0.2) is 55.3 Å². The third-order valence-electron chi connectivity index (χ3n) is 3.66. The number of halogens is 3. The molecular formula is C15H19F3N2O2. The van der Waals surface area contributed by atoms with Crippen LogP contribution in [0.15, 0.2) is 24.3 Å². The third-order valence-corrected chi connectivity index (χ3v) is 3.66. The molecule has 1 aliphatic heterocycles. The van der Waals surface area contributed by atoms with Crippen LogP contribution in [0.2, 0.25) is 0 Å². The van der Waals surface area contributed by atoms with Gasteiger partial charge in [0, 0.05) is 32.6 Å². The second kappa shape index (κ2) is 7.00. The molecule has 0 spiro atoms. The van der Waals surface area contributed by atoms with Gasteiger partial charge in [-0.25, -0.2) is 0 Å². The Bertz CT molecular complexity index is 512. The molecule has 2 rings (SSSR count). The molecule has 4 nitrogen and oxygen atoms in total. The molecule has 0 radical (unpaired) electrons. The summed E-state index contributed by atoms with van der Waals surface area (Å²) in [7, 11) is 1.99. The Morgan fingerprint density at radius 2 is 1.82 bits per heavy atom. The van der Waals surface area contributed by atoms with Gasteiger partial charge in [-0.1, -0.05) is 18.2 Å². The van der Waals surface area contributed by atoms with E-state index in [2.05, 4.69) is 9.64 Å². The topological polar surface area (TPSA) is 32.8 Å². The molecule has 1 aromatic carbocycles. The van der Waals surface area contributed by atoms with Gasteiger partial charge in [0.1, 0.15) is 5.75 Å². The lowest BCUT2D eigenvalue weighted by Gasteiger charge is -2.32. The first-order chi connectivity index (χ1) is 10.3. The van der Waals surface area contributed by atoms with E-state index < -0.39 is 6.36 Å². The molecule has 1 aromatic rings. The van der Waals surface area contributed by atoms with Gasteiger partial charge in [-0.2, -0.15) is 0 Å². The van der Waals surface area contributed by atoms with E-state index in [1.54, 1.807) is 17.0 Å². The molecule has 0 saturated carbocycles. The number of amides is 1. The van der Waals surface area contributed by atoms with Crippen LogP contribution < -0.4 is 4.74 Å². The summed E-state index contributed by atoms with van der Waals surface area (Å²) < 4.78 is 41.0. The largest absolute Gasteiger partial charge is 0.573 e. The van der Waals surface area contributed by atoms with Gasteiger partial charge < -0.3 is 14.5 Å². The van der Waals surface area contributed by atoms with E-state index in [-0.39, 0.29) is 24.5 Å². The number of carbonyl (C=O) groups is 1. The highest BCUT2D eigenvalue weighted by molar-refractivity contribution is 5.76. The van der Waals surface area contributed by atoms with Crippen molar-refractivity contribution in [2.24, 2.45) is 0 Å². The summed E-state index contributed by atoms with van der Waals surface area (Å²) in [5.74, 6) is -0.268. The highest BCUT2D eigenvalue weighted by atomic mass is 19.4. The van der Waals surface area contributed by atoms with Crippen molar-refractivity contribution in [2.75, 3.05) is 33.2 Å². The van der Waals surface area contributed by atoms with Crippen molar-refractivity contribution in [3.63, 3.8) is 0 Å². The Hall–Kier alpha value is -1.76. The number of carbonyl (C=O) groups excluding carboxylic acids is 1. The fourth-order valence-corrected chi connectivity index (χ4v) is 2.39. The summed E-state index contributed by atoms with van der Waals surface area (Å²) in [5.41, 5.74) is 0.391. The summed E-state index contributed by atoms with van der Waals surface area (Å²) in [6.07, 6.45) is -4.31. The summed E-state index contributed by atoms with van der Waals surface area (Å²) in [6, 6.07) is 5.94. The zero-order valence-electron chi connectivity index (χ0n) is 12.4. The number of alkyl halides is 3. The summed E-state index contributed by atoms with van der Waals surface area (Å²) >= 11 is 0. The number of likely N-dealkylation sites (N-methyl/N-ethyl adjacent to an activating group) is 1. The zero-order chi connectivity index (χ0) is 16.2. The van der Waals surface area contributed by atoms with Gasteiger partial charge in [0.25, 0.3) is 0 Å². The molecule has 22 heavy (non-hydrogen) atoms. The van der Waals surface area contributed by atoms with Gasteiger partial charge in [-0.3, -0.25) is 4.79 Å². The summed E-state index contributed by atoms with van der Waals surface area (Å²) in [6.45, 7) is 2.96. The van der Waals surface area contributed by atoms with Crippen LogP contribution in [0.4, 0.5) is 13.2 Å². The molecule has 0 atom stereocenters. The van der Waals surface area contributed by atoms with Crippen LogP contribution in [0.5, 0.6) is 5.75 Å². The van der Waals surface area contributed by atoms with E-state index in [1.807, 2.05) is 7.05 Å². The van der Waals surface area contributed by atoms with Crippen molar-refractivity contribution in [3.8, 4) is 5.75 Å². The quantitative estimate of drug-likeness (QED) is 0.854. The molecule has 0 N–H and O–H groups in total.